The van der Waals surface area contributed by atoms with Crippen LogP contribution in [0, 0.1) is 5.82 Å². The fraction of sp³-hybridized carbons (Fsp3) is 0.571. The van der Waals surface area contributed by atoms with Crippen LogP contribution in [0.15, 0.2) is 18.2 Å². The summed E-state index contributed by atoms with van der Waals surface area (Å²) in [5.41, 5.74) is 1.06. The molecule has 0 unspecified atom stereocenters. The Labute approximate surface area is 108 Å². The molecule has 0 amide bonds. The lowest BCUT2D eigenvalue weighted by molar-refractivity contribution is 0.237. The highest BCUT2D eigenvalue weighted by atomic mass is 19.1. The smallest absolute Gasteiger partial charge is 0.146 e. The van der Waals surface area contributed by atoms with Crippen LogP contribution in [0.1, 0.15) is 24.8 Å². The number of hydrogen-bond acceptors (Lipinski definition) is 3. The molecule has 4 heteroatoms. The van der Waals surface area contributed by atoms with Crippen molar-refractivity contribution in [2.75, 3.05) is 31.5 Å². The predicted octanol–water partition coefficient (Wildman–Crippen LogP) is 2.22. The van der Waals surface area contributed by atoms with Crippen molar-refractivity contribution in [2.24, 2.45) is 0 Å². The van der Waals surface area contributed by atoms with Gasteiger partial charge in [0.25, 0.3) is 0 Å². The molecular formula is C14H21FN2O. The van der Waals surface area contributed by atoms with Crippen molar-refractivity contribution in [3.63, 3.8) is 0 Å². The summed E-state index contributed by atoms with van der Waals surface area (Å²) in [5, 5.41) is 12.3. The van der Waals surface area contributed by atoms with Gasteiger partial charge in [-0.25, -0.2) is 4.39 Å². The van der Waals surface area contributed by atoms with Gasteiger partial charge in [0.1, 0.15) is 5.82 Å². The summed E-state index contributed by atoms with van der Waals surface area (Å²) >= 11 is 0. The van der Waals surface area contributed by atoms with Crippen LogP contribution in [-0.2, 0) is 6.61 Å². The van der Waals surface area contributed by atoms with Crippen LogP contribution < -0.4 is 5.32 Å². The number of halogens is 1. The molecule has 1 aromatic carbocycles. The summed E-state index contributed by atoms with van der Waals surface area (Å²) < 4.78 is 13.6. The van der Waals surface area contributed by atoms with Gasteiger partial charge >= 0.3 is 0 Å². The van der Waals surface area contributed by atoms with Gasteiger partial charge in [0, 0.05) is 18.7 Å². The minimum absolute atomic E-state index is 0.135. The Bertz CT molecular complexity index is 378. The number of anilines is 1. The average Bonchev–Trinajstić information content (AvgIpc) is 2.41. The van der Waals surface area contributed by atoms with E-state index in [4.69, 9.17) is 0 Å². The largest absolute Gasteiger partial charge is 0.392 e. The van der Waals surface area contributed by atoms with E-state index in [0.29, 0.717) is 17.8 Å². The van der Waals surface area contributed by atoms with E-state index in [2.05, 4.69) is 10.2 Å². The number of benzene rings is 1. The van der Waals surface area contributed by atoms with E-state index in [1.807, 2.05) is 0 Å². The zero-order chi connectivity index (χ0) is 12.8. The second kappa shape index (κ2) is 6.71. The zero-order valence-corrected chi connectivity index (χ0v) is 10.7. The van der Waals surface area contributed by atoms with E-state index in [-0.39, 0.29) is 12.4 Å². The van der Waals surface area contributed by atoms with Crippen molar-refractivity contribution in [1.29, 1.82) is 0 Å². The second-order valence-corrected chi connectivity index (χ2v) is 4.76. The van der Waals surface area contributed by atoms with Gasteiger partial charge in [0.2, 0.25) is 0 Å². The first-order valence-electron chi connectivity index (χ1n) is 6.66. The zero-order valence-electron chi connectivity index (χ0n) is 10.7. The molecule has 1 fully saturated rings. The minimum atomic E-state index is -0.291. The average molecular weight is 252 g/mol. The first-order valence-corrected chi connectivity index (χ1v) is 6.66. The SMILES string of the molecule is OCc1cccc(F)c1NCCN1CCCCC1. The quantitative estimate of drug-likeness (QED) is 0.843. The molecule has 0 aliphatic carbocycles. The van der Waals surface area contributed by atoms with Gasteiger partial charge in [0.05, 0.1) is 12.3 Å². The fourth-order valence-electron chi connectivity index (χ4n) is 2.42. The number of likely N-dealkylation sites (tertiary alicyclic amines) is 1. The monoisotopic (exact) mass is 252 g/mol. The molecule has 2 N–H and O–H groups in total. The maximum atomic E-state index is 13.6. The van der Waals surface area contributed by atoms with Gasteiger partial charge in [-0.3, -0.25) is 0 Å². The van der Waals surface area contributed by atoms with Crippen LogP contribution in [-0.4, -0.2) is 36.2 Å². The van der Waals surface area contributed by atoms with Gasteiger partial charge in [-0.2, -0.15) is 0 Å². The molecule has 1 saturated heterocycles. The lowest BCUT2D eigenvalue weighted by Gasteiger charge is -2.26. The summed E-state index contributed by atoms with van der Waals surface area (Å²) in [6.07, 6.45) is 3.86. The van der Waals surface area contributed by atoms with Crippen molar-refractivity contribution in [3.8, 4) is 0 Å². The third-order valence-electron chi connectivity index (χ3n) is 3.45. The van der Waals surface area contributed by atoms with Gasteiger partial charge in [-0.05, 0) is 32.0 Å². The second-order valence-electron chi connectivity index (χ2n) is 4.76. The highest BCUT2D eigenvalue weighted by Gasteiger charge is 2.11. The Morgan fingerprint density at radius 3 is 2.72 bits per heavy atom. The molecule has 0 spiro atoms. The van der Waals surface area contributed by atoms with Crippen molar-refractivity contribution in [3.05, 3.63) is 29.6 Å². The number of nitrogens with zero attached hydrogens (tertiary/aromatic N) is 1. The van der Waals surface area contributed by atoms with Crippen LogP contribution in [0.2, 0.25) is 0 Å². The number of para-hydroxylation sites is 1. The van der Waals surface area contributed by atoms with E-state index < -0.39 is 0 Å². The summed E-state index contributed by atoms with van der Waals surface area (Å²) in [7, 11) is 0. The predicted molar refractivity (Wildman–Crippen MR) is 71.1 cm³/mol. The minimum Gasteiger partial charge on any atom is -0.392 e. The highest BCUT2D eigenvalue weighted by Crippen LogP contribution is 2.19. The normalized spacial score (nSPS) is 16.8. The molecule has 1 aromatic rings. The molecule has 2 rings (SSSR count). The molecule has 0 aromatic heterocycles. The standard InChI is InChI=1S/C14H21FN2O/c15-13-6-4-5-12(11-18)14(13)16-7-10-17-8-2-1-3-9-17/h4-6,16,18H,1-3,7-11H2. The molecule has 18 heavy (non-hydrogen) atoms. The maximum absolute atomic E-state index is 13.6. The van der Waals surface area contributed by atoms with Crippen molar-refractivity contribution in [2.45, 2.75) is 25.9 Å². The van der Waals surface area contributed by atoms with Crippen LogP contribution in [0.4, 0.5) is 10.1 Å². The van der Waals surface area contributed by atoms with Gasteiger partial charge in [0.15, 0.2) is 0 Å². The molecule has 1 heterocycles. The first-order chi connectivity index (χ1) is 8.81. The van der Waals surface area contributed by atoms with Crippen molar-refractivity contribution >= 4 is 5.69 Å². The molecule has 0 saturated carbocycles. The Morgan fingerprint density at radius 2 is 2.00 bits per heavy atom. The van der Waals surface area contributed by atoms with Gasteiger partial charge < -0.3 is 15.3 Å². The number of piperidine rings is 1. The third kappa shape index (κ3) is 3.43. The van der Waals surface area contributed by atoms with Crippen LogP contribution in [0.3, 0.4) is 0 Å². The molecule has 100 valence electrons. The Hall–Kier alpha value is -1.13. The fourth-order valence-corrected chi connectivity index (χ4v) is 2.42. The van der Waals surface area contributed by atoms with Gasteiger partial charge in [-0.15, -0.1) is 0 Å². The first kappa shape index (κ1) is 13.3. The third-order valence-corrected chi connectivity index (χ3v) is 3.45. The van der Waals surface area contributed by atoms with E-state index in [1.54, 1.807) is 12.1 Å². The lowest BCUT2D eigenvalue weighted by atomic mass is 10.1. The number of aliphatic hydroxyl groups is 1. The lowest BCUT2D eigenvalue weighted by Crippen LogP contribution is -2.33. The summed E-state index contributed by atoms with van der Waals surface area (Å²) in [6.45, 7) is 3.80. The highest BCUT2D eigenvalue weighted by molar-refractivity contribution is 5.52. The number of rotatable bonds is 5. The van der Waals surface area contributed by atoms with E-state index in [0.717, 1.165) is 19.6 Å². The van der Waals surface area contributed by atoms with Crippen LogP contribution >= 0.6 is 0 Å². The van der Waals surface area contributed by atoms with Crippen molar-refractivity contribution < 1.29 is 9.50 Å². The Kier molecular flexibility index (Phi) is 4.96. The molecule has 1 aliphatic rings. The number of hydrogen-bond donors (Lipinski definition) is 2. The Balaban J connectivity index is 1.85. The molecular weight excluding hydrogens is 231 g/mol. The summed E-state index contributed by atoms with van der Waals surface area (Å²) in [6, 6.07) is 4.78. The van der Waals surface area contributed by atoms with E-state index >= 15 is 0 Å². The van der Waals surface area contributed by atoms with Gasteiger partial charge in [-0.1, -0.05) is 18.6 Å². The van der Waals surface area contributed by atoms with Crippen LogP contribution in [0.5, 0.6) is 0 Å². The molecule has 3 nitrogen and oxygen atoms in total. The van der Waals surface area contributed by atoms with Crippen molar-refractivity contribution in [1.82, 2.24) is 4.90 Å². The molecule has 1 aliphatic heterocycles. The molecule has 0 radical (unpaired) electrons. The summed E-state index contributed by atoms with van der Waals surface area (Å²) in [4.78, 5) is 2.40. The number of nitrogens with one attached hydrogen (secondary N) is 1. The molecule has 0 bridgehead atoms. The Morgan fingerprint density at radius 1 is 1.22 bits per heavy atom. The topological polar surface area (TPSA) is 35.5 Å². The van der Waals surface area contributed by atoms with Crippen LogP contribution in [0.25, 0.3) is 0 Å². The molecule has 0 atom stereocenters. The maximum Gasteiger partial charge on any atom is 0.146 e. The number of aliphatic hydroxyl groups excluding tert-OH is 1. The summed E-state index contributed by atoms with van der Waals surface area (Å²) in [5.74, 6) is -0.291. The van der Waals surface area contributed by atoms with E-state index in [9.17, 15) is 9.50 Å². The van der Waals surface area contributed by atoms with E-state index in [1.165, 1.54) is 25.3 Å².